The molecular formula is C16H24N2O3. The highest BCUT2D eigenvalue weighted by molar-refractivity contribution is 5.93. The molecule has 1 aliphatic heterocycles. The molecule has 1 saturated heterocycles. The number of rotatable bonds is 3. The molecular weight excluding hydrogens is 268 g/mol. The predicted molar refractivity (Wildman–Crippen MR) is 79.0 cm³/mol. The van der Waals surface area contributed by atoms with Gasteiger partial charge in [0.25, 0.3) is 5.91 Å². The van der Waals surface area contributed by atoms with Gasteiger partial charge in [0.1, 0.15) is 6.26 Å². The molecule has 2 unspecified atom stereocenters. The quantitative estimate of drug-likeness (QED) is 0.891. The van der Waals surface area contributed by atoms with Crippen molar-refractivity contribution in [3.05, 3.63) is 24.2 Å². The van der Waals surface area contributed by atoms with Crippen LogP contribution in [0.25, 0.3) is 0 Å². The van der Waals surface area contributed by atoms with E-state index in [9.17, 15) is 9.90 Å². The third-order valence-corrected chi connectivity index (χ3v) is 4.81. The monoisotopic (exact) mass is 292 g/mol. The Bertz CT molecular complexity index is 452. The smallest absolute Gasteiger partial charge is 0.254 e. The van der Waals surface area contributed by atoms with Crippen molar-refractivity contribution >= 4 is 5.91 Å². The molecule has 1 aliphatic carbocycles. The molecule has 5 nitrogen and oxygen atoms in total. The summed E-state index contributed by atoms with van der Waals surface area (Å²) < 4.78 is 4.94. The van der Waals surface area contributed by atoms with E-state index in [2.05, 4.69) is 10.2 Å². The van der Waals surface area contributed by atoms with E-state index in [0.29, 0.717) is 11.6 Å². The van der Waals surface area contributed by atoms with Crippen molar-refractivity contribution in [2.24, 2.45) is 0 Å². The molecule has 21 heavy (non-hydrogen) atoms. The number of hydrogen-bond donors (Lipinski definition) is 2. The van der Waals surface area contributed by atoms with E-state index in [4.69, 9.17) is 4.42 Å². The molecule has 2 N–H and O–H groups in total. The first-order valence-electron chi connectivity index (χ1n) is 7.99. The van der Waals surface area contributed by atoms with Crippen molar-refractivity contribution in [1.82, 2.24) is 10.2 Å². The Balaban J connectivity index is 1.47. The highest BCUT2D eigenvalue weighted by Gasteiger charge is 2.31. The van der Waals surface area contributed by atoms with Crippen LogP contribution in [-0.4, -0.2) is 47.2 Å². The van der Waals surface area contributed by atoms with Gasteiger partial charge in [-0.15, -0.1) is 0 Å². The Morgan fingerprint density at radius 2 is 2.00 bits per heavy atom. The van der Waals surface area contributed by atoms with Crippen LogP contribution < -0.4 is 5.32 Å². The highest BCUT2D eigenvalue weighted by atomic mass is 16.3. The van der Waals surface area contributed by atoms with Gasteiger partial charge in [-0.1, -0.05) is 12.8 Å². The summed E-state index contributed by atoms with van der Waals surface area (Å²) in [6.45, 7) is 1.91. The van der Waals surface area contributed by atoms with Crippen LogP contribution in [0.1, 0.15) is 48.9 Å². The maximum absolute atomic E-state index is 12.0. The fourth-order valence-corrected chi connectivity index (χ4v) is 3.56. The second-order valence-corrected chi connectivity index (χ2v) is 6.21. The number of piperidine rings is 1. The van der Waals surface area contributed by atoms with Crippen LogP contribution in [0.4, 0.5) is 0 Å². The van der Waals surface area contributed by atoms with Gasteiger partial charge in [-0.25, -0.2) is 0 Å². The summed E-state index contributed by atoms with van der Waals surface area (Å²) >= 11 is 0. The number of aliphatic hydroxyl groups excluding tert-OH is 1. The zero-order valence-corrected chi connectivity index (χ0v) is 12.3. The van der Waals surface area contributed by atoms with E-state index >= 15 is 0 Å². The fraction of sp³-hybridized carbons (Fsp3) is 0.688. The van der Waals surface area contributed by atoms with Gasteiger partial charge >= 0.3 is 0 Å². The van der Waals surface area contributed by atoms with E-state index in [1.54, 1.807) is 6.07 Å². The summed E-state index contributed by atoms with van der Waals surface area (Å²) in [6.07, 6.45) is 9.13. The number of carbonyl (C=O) groups excluding carboxylic acids is 1. The molecule has 2 fully saturated rings. The van der Waals surface area contributed by atoms with Crippen LogP contribution in [0.5, 0.6) is 0 Å². The molecule has 0 bridgehead atoms. The molecule has 1 saturated carbocycles. The predicted octanol–water partition coefficient (Wildman–Crippen LogP) is 1.78. The Hall–Kier alpha value is -1.33. The molecule has 1 aromatic heterocycles. The van der Waals surface area contributed by atoms with Crippen LogP contribution >= 0.6 is 0 Å². The first kappa shape index (κ1) is 14.6. The zero-order valence-electron chi connectivity index (χ0n) is 12.3. The van der Waals surface area contributed by atoms with Crippen LogP contribution in [0.2, 0.25) is 0 Å². The molecule has 2 atom stereocenters. The minimum absolute atomic E-state index is 0.0556. The second kappa shape index (κ2) is 6.62. The van der Waals surface area contributed by atoms with E-state index in [1.165, 1.54) is 18.9 Å². The maximum Gasteiger partial charge on any atom is 0.254 e. The van der Waals surface area contributed by atoms with E-state index in [-0.39, 0.29) is 18.1 Å². The Kier molecular flexibility index (Phi) is 4.60. The first-order valence-corrected chi connectivity index (χ1v) is 7.99. The molecule has 2 aliphatic rings. The Labute approximate surface area is 125 Å². The molecule has 116 valence electrons. The number of hydrogen-bond acceptors (Lipinski definition) is 4. The van der Waals surface area contributed by atoms with Gasteiger partial charge in [-0.05, 0) is 31.7 Å². The van der Waals surface area contributed by atoms with Crippen molar-refractivity contribution in [3.8, 4) is 0 Å². The Morgan fingerprint density at radius 1 is 1.24 bits per heavy atom. The van der Waals surface area contributed by atoms with Gasteiger partial charge in [0.15, 0.2) is 0 Å². The SMILES string of the molecule is O=C(NC1CCN(C2CCCCC2O)CC1)c1ccoc1. The molecule has 1 aromatic rings. The van der Waals surface area contributed by atoms with Crippen LogP contribution in [0.15, 0.2) is 23.0 Å². The summed E-state index contributed by atoms with van der Waals surface area (Å²) in [5, 5.41) is 13.2. The molecule has 1 amide bonds. The van der Waals surface area contributed by atoms with Gasteiger partial charge in [0, 0.05) is 25.2 Å². The summed E-state index contributed by atoms with van der Waals surface area (Å²) in [7, 11) is 0. The second-order valence-electron chi connectivity index (χ2n) is 6.21. The van der Waals surface area contributed by atoms with Crippen LogP contribution in [0.3, 0.4) is 0 Å². The molecule has 3 rings (SSSR count). The Morgan fingerprint density at radius 3 is 2.67 bits per heavy atom. The first-order chi connectivity index (χ1) is 10.2. The van der Waals surface area contributed by atoms with Crippen molar-refractivity contribution < 1.29 is 14.3 Å². The lowest BCUT2D eigenvalue weighted by molar-refractivity contribution is 0.00727. The number of nitrogens with zero attached hydrogens (tertiary/aromatic N) is 1. The minimum Gasteiger partial charge on any atom is -0.472 e. The van der Waals surface area contributed by atoms with E-state index in [0.717, 1.165) is 45.2 Å². The van der Waals surface area contributed by atoms with Crippen molar-refractivity contribution in [2.45, 2.75) is 56.7 Å². The summed E-state index contributed by atoms with van der Waals surface area (Å²) in [5.74, 6) is -0.0556. The summed E-state index contributed by atoms with van der Waals surface area (Å²) in [5.41, 5.74) is 0.583. The summed E-state index contributed by atoms with van der Waals surface area (Å²) in [4.78, 5) is 14.4. The van der Waals surface area contributed by atoms with Gasteiger partial charge in [-0.2, -0.15) is 0 Å². The number of carbonyl (C=O) groups is 1. The third-order valence-electron chi connectivity index (χ3n) is 4.81. The third kappa shape index (κ3) is 3.47. The van der Waals surface area contributed by atoms with Gasteiger partial charge in [-0.3, -0.25) is 9.69 Å². The summed E-state index contributed by atoms with van der Waals surface area (Å²) in [6, 6.07) is 2.23. The van der Waals surface area contributed by atoms with Gasteiger partial charge in [0.05, 0.1) is 17.9 Å². The average molecular weight is 292 g/mol. The van der Waals surface area contributed by atoms with E-state index in [1.807, 2.05) is 0 Å². The van der Waals surface area contributed by atoms with Crippen molar-refractivity contribution in [1.29, 1.82) is 0 Å². The van der Waals surface area contributed by atoms with Crippen LogP contribution in [0, 0.1) is 0 Å². The standard InChI is InChI=1S/C16H24N2O3/c19-15-4-2-1-3-14(15)18-8-5-13(6-9-18)17-16(20)12-7-10-21-11-12/h7,10-11,13-15,19H,1-6,8-9H2,(H,17,20). The number of furan rings is 1. The maximum atomic E-state index is 12.0. The normalized spacial score (nSPS) is 28.4. The van der Waals surface area contributed by atoms with Crippen molar-refractivity contribution in [2.75, 3.05) is 13.1 Å². The lowest BCUT2D eigenvalue weighted by atomic mass is 9.89. The molecule has 0 radical (unpaired) electrons. The van der Waals surface area contributed by atoms with Gasteiger partial charge < -0.3 is 14.8 Å². The lowest BCUT2D eigenvalue weighted by Crippen LogP contribution is -2.52. The van der Waals surface area contributed by atoms with Crippen LogP contribution in [-0.2, 0) is 0 Å². The number of amides is 1. The number of nitrogens with one attached hydrogen (secondary N) is 1. The minimum atomic E-state index is -0.171. The number of aliphatic hydroxyl groups is 1. The average Bonchev–Trinajstić information content (AvgIpc) is 3.03. The van der Waals surface area contributed by atoms with E-state index < -0.39 is 0 Å². The highest BCUT2D eigenvalue weighted by Crippen LogP contribution is 2.25. The lowest BCUT2D eigenvalue weighted by Gasteiger charge is -2.41. The van der Waals surface area contributed by atoms with Crippen molar-refractivity contribution in [3.63, 3.8) is 0 Å². The molecule has 2 heterocycles. The zero-order chi connectivity index (χ0) is 14.7. The fourth-order valence-electron chi connectivity index (χ4n) is 3.56. The molecule has 0 spiro atoms. The topological polar surface area (TPSA) is 65.7 Å². The largest absolute Gasteiger partial charge is 0.472 e. The molecule has 0 aromatic carbocycles. The molecule has 5 heteroatoms. The van der Waals surface area contributed by atoms with Gasteiger partial charge in [0.2, 0.25) is 0 Å². The number of likely N-dealkylation sites (tertiary alicyclic amines) is 1.